The quantitative estimate of drug-likeness (QED) is 0.686. The van der Waals surface area contributed by atoms with Crippen LogP contribution in [0.15, 0.2) is 23.1 Å². The first-order valence-corrected chi connectivity index (χ1v) is 6.91. The third kappa shape index (κ3) is 2.74. The number of benzene rings is 1. The van der Waals surface area contributed by atoms with Gasteiger partial charge in [-0.05, 0) is 31.2 Å². The molecule has 1 fully saturated rings. The van der Waals surface area contributed by atoms with Crippen LogP contribution in [0.4, 0.5) is 0 Å². The van der Waals surface area contributed by atoms with Crippen molar-refractivity contribution in [3.05, 3.63) is 28.7 Å². The molecule has 1 N–H and O–H groups in total. The van der Waals surface area contributed by atoms with Gasteiger partial charge in [0.25, 0.3) is 5.91 Å². The number of thioether (sulfide) groups is 1. The number of likely N-dealkylation sites (N-methyl/N-ethyl adjacent to an activating group) is 1. The highest BCUT2D eigenvalue weighted by Crippen LogP contribution is 2.34. The Balaban J connectivity index is 2.37. The van der Waals surface area contributed by atoms with Gasteiger partial charge in [0, 0.05) is 12.1 Å². The third-order valence-corrected chi connectivity index (χ3v) is 4.09. The second-order valence-corrected chi connectivity index (χ2v) is 5.53. The van der Waals surface area contributed by atoms with Gasteiger partial charge in [0.2, 0.25) is 0 Å². The summed E-state index contributed by atoms with van der Waals surface area (Å²) in [6.07, 6.45) is 1.63. The summed E-state index contributed by atoms with van der Waals surface area (Å²) < 4.78 is 5.64. The third-order valence-electron chi connectivity index (χ3n) is 2.71. The Kier molecular flexibility index (Phi) is 4.11. The number of nitrogens with zero attached hydrogens (tertiary/aromatic N) is 1. The summed E-state index contributed by atoms with van der Waals surface area (Å²) in [4.78, 5) is 14.1. The van der Waals surface area contributed by atoms with Crippen LogP contribution in [0, 0.1) is 0 Å². The van der Waals surface area contributed by atoms with Crippen molar-refractivity contribution in [1.82, 2.24) is 4.90 Å². The number of carbonyl (C=O) groups excluding carboxylic acids is 1. The highest BCUT2D eigenvalue weighted by atomic mass is 32.2. The molecule has 0 unspecified atom stereocenters. The lowest BCUT2D eigenvalue weighted by Gasteiger charge is -2.09. The van der Waals surface area contributed by atoms with E-state index in [2.05, 4.69) is 0 Å². The number of methoxy groups -OCH3 is 1. The van der Waals surface area contributed by atoms with Crippen molar-refractivity contribution in [2.45, 2.75) is 6.92 Å². The van der Waals surface area contributed by atoms with Gasteiger partial charge in [-0.1, -0.05) is 24.0 Å². The van der Waals surface area contributed by atoms with Crippen molar-refractivity contribution in [3.63, 3.8) is 0 Å². The van der Waals surface area contributed by atoms with Crippen molar-refractivity contribution < 1.29 is 14.6 Å². The van der Waals surface area contributed by atoms with Gasteiger partial charge >= 0.3 is 0 Å². The summed E-state index contributed by atoms with van der Waals surface area (Å²) in [7, 11) is 1.55. The molecule has 0 radical (unpaired) electrons. The molecule has 1 amide bonds. The highest BCUT2D eigenvalue weighted by Gasteiger charge is 2.30. The molecule has 1 aromatic rings. The van der Waals surface area contributed by atoms with E-state index >= 15 is 0 Å². The second kappa shape index (κ2) is 5.63. The van der Waals surface area contributed by atoms with Crippen LogP contribution in [-0.4, -0.2) is 33.9 Å². The minimum Gasteiger partial charge on any atom is -0.507 e. The molecule has 1 aromatic carbocycles. The second-order valence-electron chi connectivity index (χ2n) is 3.85. The fourth-order valence-electron chi connectivity index (χ4n) is 1.69. The minimum absolute atomic E-state index is 0.0996. The number of carbonyl (C=O) groups is 1. The lowest BCUT2D eigenvalue weighted by molar-refractivity contribution is -0.121. The number of rotatable bonds is 3. The molecule has 0 atom stereocenters. The standard InChI is InChI=1S/C13H13NO3S2/c1-3-14-12(16)11(19-13(14)18)7-8-6-9(17-2)4-5-10(8)15/h4-7,15H,3H2,1-2H3/b11-7+. The largest absolute Gasteiger partial charge is 0.507 e. The van der Waals surface area contributed by atoms with Crippen LogP contribution >= 0.6 is 24.0 Å². The lowest BCUT2D eigenvalue weighted by Crippen LogP contribution is -2.27. The molecule has 4 nitrogen and oxygen atoms in total. The van der Waals surface area contributed by atoms with Crippen LogP contribution in [0.25, 0.3) is 6.08 Å². The fraction of sp³-hybridized carbons (Fsp3) is 0.231. The molecule has 0 saturated carbocycles. The SMILES string of the molecule is CCN1C(=O)/C(=C\c2cc(OC)ccc2O)SC1=S. The Bertz CT molecular complexity index is 569. The predicted octanol–water partition coefficient (Wildman–Crippen LogP) is 2.62. The molecule has 1 aliphatic heterocycles. The molecule has 6 heteroatoms. The van der Waals surface area contributed by atoms with E-state index < -0.39 is 0 Å². The number of ether oxygens (including phenoxy) is 1. The van der Waals surface area contributed by atoms with E-state index in [0.29, 0.717) is 27.1 Å². The number of phenolic OH excluding ortho intramolecular Hbond substituents is 1. The van der Waals surface area contributed by atoms with Crippen LogP contribution in [0.1, 0.15) is 12.5 Å². The van der Waals surface area contributed by atoms with E-state index in [9.17, 15) is 9.90 Å². The molecule has 2 rings (SSSR count). The van der Waals surface area contributed by atoms with Crippen molar-refractivity contribution in [2.75, 3.05) is 13.7 Å². The monoisotopic (exact) mass is 295 g/mol. The summed E-state index contributed by atoms with van der Waals surface area (Å²) in [5.41, 5.74) is 0.538. The lowest BCUT2D eigenvalue weighted by atomic mass is 10.1. The normalized spacial score (nSPS) is 17.4. The van der Waals surface area contributed by atoms with E-state index in [4.69, 9.17) is 17.0 Å². The van der Waals surface area contributed by atoms with Crippen LogP contribution in [0.3, 0.4) is 0 Å². The van der Waals surface area contributed by atoms with Gasteiger partial charge in [0.15, 0.2) is 0 Å². The summed E-state index contributed by atoms with van der Waals surface area (Å²) in [6.45, 7) is 2.42. The van der Waals surface area contributed by atoms with E-state index in [1.54, 1.807) is 25.3 Å². The van der Waals surface area contributed by atoms with Crippen molar-refractivity contribution in [2.24, 2.45) is 0 Å². The Morgan fingerprint density at radius 2 is 2.26 bits per heavy atom. The van der Waals surface area contributed by atoms with Gasteiger partial charge in [-0.15, -0.1) is 0 Å². The molecule has 100 valence electrons. The van der Waals surface area contributed by atoms with Crippen LogP contribution in [0.2, 0.25) is 0 Å². The molecule has 0 aromatic heterocycles. The molecular formula is C13H13NO3S2. The molecule has 1 heterocycles. The minimum atomic E-state index is -0.125. The Labute approximate surface area is 121 Å². The average molecular weight is 295 g/mol. The number of phenols is 1. The summed E-state index contributed by atoms with van der Waals surface area (Å²) in [5, 5.41) is 9.80. The maximum absolute atomic E-state index is 12.1. The first-order valence-electron chi connectivity index (χ1n) is 5.69. The van der Waals surface area contributed by atoms with E-state index in [-0.39, 0.29) is 11.7 Å². The Morgan fingerprint density at radius 3 is 2.84 bits per heavy atom. The maximum atomic E-state index is 12.1. The Morgan fingerprint density at radius 1 is 1.53 bits per heavy atom. The zero-order valence-corrected chi connectivity index (χ0v) is 12.2. The summed E-state index contributed by atoms with van der Waals surface area (Å²) in [5.74, 6) is 0.595. The molecule has 1 saturated heterocycles. The first kappa shape index (κ1) is 13.9. The molecule has 19 heavy (non-hydrogen) atoms. The van der Waals surface area contributed by atoms with Gasteiger partial charge in [0.1, 0.15) is 15.8 Å². The van der Waals surface area contributed by atoms with Crippen LogP contribution in [-0.2, 0) is 4.79 Å². The van der Waals surface area contributed by atoms with E-state index in [1.807, 2.05) is 6.92 Å². The maximum Gasteiger partial charge on any atom is 0.266 e. The van der Waals surface area contributed by atoms with Crippen molar-refractivity contribution in [3.8, 4) is 11.5 Å². The first-order chi connectivity index (χ1) is 9.06. The smallest absolute Gasteiger partial charge is 0.266 e. The molecule has 0 bridgehead atoms. The molecular weight excluding hydrogens is 282 g/mol. The average Bonchev–Trinajstić information content (AvgIpc) is 2.66. The van der Waals surface area contributed by atoms with Crippen molar-refractivity contribution in [1.29, 1.82) is 0 Å². The zero-order chi connectivity index (χ0) is 14.0. The molecule has 0 aliphatic carbocycles. The number of hydrogen-bond acceptors (Lipinski definition) is 5. The van der Waals surface area contributed by atoms with E-state index in [1.165, 1.54) is 22.7 Å². The molecule has 0 spiro atoms. The Hall–Kier alpha value is -1.53. The topological polar surface area (TPSA) is 49.8 Å². The summed E-state index contributed by atoms with van der Waals surface area (Å²) >= 11 is 6.37. The fourth-order valence-corrected chi connectivity index (χ4v) is 3.06. The number of thiocarbonyl (C=S) groups is 1. The number of aromatic hydroxyl groups is 1. The van der Waals surface area contributed by atoms with E-state index in [0.717, 1.165) is 0 Å². The highest BCUT2D eigenvalue weighted by molar-refractivity contribution is 8.26. The van der Waals surface area contributed by atoms with Crippen molar-refractivity contribution >= 4 is 40.3 Å². The van der Waals surface area contributed by atoms with Gasteiger partial charge in [-0.3, -0.25) is 9.69 Å². The van der Waals surface area contributed by atoms with Gasteiger partial charge in [-0.2, -0.15) is 0 Å². The van der Waals surface area contributed by atoms with Gasteiger partial charge < -0.3 is 9.84 Å². The number of hydrogen-bond donors (Lipinski definition) is 1. The number of amides is 1. The summed E-state index contributed by atoms with van der Waals surface area (Å²) in [6, 6.07) is 4.86. The van der Waals surface area contributed by atoms with Crippen LogP contribution < -0.4 is 4.74 Å². The van der Waals surface area contributed by atoms with Gasteiger partial charge in [0.05, 0.1) is 12.0 Å². The van der Waals surface area contributed by atoms with Crippen LogP contribution in [0.5, 0.6) is 11.5 Å². The van der Waals surface area contributed by atoms with Gasteiger partial charge in [-0.25, -0.2) is 0 Å². The predicted molar refractivity (Wildman–Crippen MR) is 80.2 cm³/mol. The molecule has 1 aliphatic rings. The zero-order valence-electron chi connectivity index (χ0n) is 10.5.